The van der Waals surface area contributed by atoms with Crippen LogP contribution in [0.4, 0.5) is 0 Å². The molecule has 0 unspecified atom stereocenters. The minimum absolute atomic E-state index is 0. The number of fused-ring (bicyclic) bond motifs is 1. The van der Waals surface area contributed by atoms with Gasteiger partial charge in [-0.2, -0.15) is 0 Å². The number of hydrogen-bond acceptors (Lipinski definition) is 1. The van der Waals surface area contributed by atoms with Crippen molar-refractivity contribution in [2.24, 2.45) is 0 Å². The normalized spacial score (nSPS) is 10.8. The van der Waals surface area contributed by atoms with Crippen LogP contribution >= 0.6 is 0 Å². The Hall–Kier alpha value is 0.396. The third-order valence-electron chi connectivity index (χ3n) is 1.55. The summed E-state index contributed by atoms with van der Waals surface area (Å²) < 4.78 is 5.34. The van der Waals surface area contributed by atoms with Crippen molar-refractivity contribution in [3.05, 3.63) is 35.9 Å². The van der Waals surface area contributed by atoms with E-state index < -0.39 is 0 Å². The van der Waals surface area contributed by atoms with E-state index in [9.17, 15) is 0 Å². The van der Waals surface area contributed by atoms with Crippen LogP contribution in [-0.4, -0.2) is 6.61 Å². The van der Waals surface area contributed by atoms with E-state index in [1.54, 1.807) is 0 Å². The van der Waals surface area contributed by atoms with Crippen LogP contribution in [0.15, 0.2) is 30.3 Å². The van der Waals surface area contributed by atoms with Gasteiger partial charge in [0.1, 0.15) is 12.4 Å². The van der Waals surface area contributed by atoms with Crippen molar-refractivity contribution in [1.82, 2.24) is 0 Å². The molecule has 1 aromatic rings. The summed E-state index contributed by atoms with van der Waals surface area (Å²) in [5.41, 5.74) is 1.17. The minimum Gasteiger partial charge on any atom is -0.489 e. The molecule has 1 nitrogen and oxygen atoms in total. The van der Waals surface area contributed by atoms with E-state index in [4.69, 9.17) is 4.74 Å². The molecule has 0 aliphatic carbocycles. The molecule has 0 saturated heterocycles. The maximum Gasteiger partial charge on any atom is 0.126 e. The van der Waals surface area contributed by atoms with Gasteiger partial charge in [0.2, 0.25) is 0 Å². The second-order valence-electron chi connectivity index (χ2n) is 2.25. The number of rotatable bonds is 0. The second-order valence-corrected chi connectivity index (χ2v) is 2.25. The fraction of sp³-hybridized carbons (Fsp3) is 0.111. The summed E-state index contributed by atoms with van der Waals surface area (Å²) >= 11 is 0. The first-order valence-corrected chi connectivity index (χ1v) is 3.35. The van der Waals surface area contributed by atoms with Crippen LogP contribution in [0, 0.1) is 0 Å². The molecule has 0 saturated carbocycles. The fourth-order valence-corrected chi connectivity index (χ4v) is 1.06. The van der Waals surface area contributed by atoms with E-state index in [-0.39, 0.29) is 53.0 Å². The van der Waals surface area contributed by atoms with Gasteiger partial charge in [-0.15, -0.1) is 0 Å². The molecule has 1 heterocycles. The van der Waals surface area contributed by atoms with Crippen molar-refractivity contribution in [2.75, 3.05) is 6.61 Å². The molecule has 2 rings (SSSR count). The van der Waals surface area contributed by atoms with E-state index in [0.717, 1.165) is 5.75 Å². The van der Waals surface area contributed by atoms with Gasteiger partial charge in [-0.3, -0.25) is 0 Å². The van der Waals surface area contributed by atoms with Gasteiger partial charge in [0.25, 0.3) is 0 Å². The molecular weight excluding hydrogens is 312 g/mol. The predicted molar refractivity (Wildman–Crippen MR) is 41.0 cm³/mol. The van der Waals surface area contributed by atoms with Crippen LogP contribution in [0.5, 0.6) is 5.75 Å². The van der Waals surface area contributed by atoms with Gasteiger partial charge in [-0.05, 0) is 12.1 Å². The van der Waals surface area contributed by atoms with E-state index in [2.05, 4.69) is 6.08 Å². The maximum absolute atomic E-state index is 5.34. The maximum atomic E-state index is 5.34. The van der Waals surface area contributed by atoms with Crippen LogP contribution in [0.3, 0.4) is 0 Å². The van der Waals surface area contributed by atoms with Crippen LogP contribution in [0.2, 0.25) is 0 Å². The van der Waals surface area contributed by atoms with Gasteiger partial charge in [0.05, 0.1) is 0 Å². The minimum atomic E-state index is 0. The zero-order valence-corrected chi connectivity index (χ0v) is 11.8. The van der Waals surface area contributed by atoms with Crippen LogP contribution < -0.4 is 4.74 Å². The number of ether oxygens (including phenoxy) is 1. The third-order valence-corrected chi connectivity index (χ3v) is 1.55. The second kappa shape index (κ2) is 7.77. The van der Waals surface area contributed by atoms with Crippen LogP contribution in [0.1, 0.15) is 5.56 Å². The Labute approximate surface area is 111 Å². The molecule has 0 atom stereocenters. The molecule has 0 bridgehead atoms. The molecule has 4 heteroatoms. The molecule has 0 spiro atoms. The van der Waals surface area contributed by atoms with Crippen LogP contribution in [0.25, 0.3) is 6.08 Å². The third kappa shape index (κ3) is 3.96. The van der Waals surface area contributed by atoms with Crippen molar-refractivity contribution in [1.29, 1.82) is 0 Å². The van der Waals surface area contributed by atoms with Crippen molar-refractivity contribution in [3.8, 4) is 5.75 Å². The standard InChI is InChI=1S/C9H8O.Cu.Ni.Zn/c1-2-6-9-8(4-1)5-3-7-10-9;;;/h1-6H,7H2;;;. The fourth-order valence-electron chi connectivity index (χ4n) is 1.06. The monoisotopic (exact) mass is 317 g/mol. The molecule has 73 valence electrons. The van der Waals surface area contributed by atoms with Crippen molar-refractivity contribution < 1.29 is 57.8 Å². The SMILES string of the molecule is C1=Cc2ccccc2OC1.[Cu].[Ni].[Zn]. The summed E-state index contributed by atoms with van der Waals surface area (Å²) in [6, 6.07) is 8.03. The molecule has 0 N–H and O–H groups in total. The number of para-hydroxylation sites is 1. The van der Waals surface area contributed by atoms with Gasteiger partial charge < -0.3 is 4.74 Å². The van der Waals surface area contributed by atoms with E-state index in [0.29, 0.717) is 6.61 Å². The first kappa shape index (κ1) is 15.9. The molecule has 13 heavy (non-hydrogen) atoms. The summed E-state index contributed by atoms with van der Waals surface area (Å²) in [5, 5.41) is 0. The first-order valence-electron chi connectivity index (χ1n) is 3.35. The average molecular weight is 320 g/mol. The average Bonchev–Trinajstić information content (AvgIpc) is 2.05. The smallest absolute Gasteiger partial charge is 0.126 e. The molecule has 1 radical (unpaired) electrons. The molecule has 1 aromatic carbocycles. The molecule has 0 fully saturated rings. The van der Waals surface area contributed by atoms with Gasteiger partial charge in [0.15, 0.2) is 0 Å². The summed E-state index contributed by atoms with van der Waals surface area (Å²) in [5.74, 6) is 0.991. The Morgan fingerprint density at radius 1 is 1.15 bits per heavy atom. The van der Waals surface area contributed by atoms with Crippen molar-refractivity contribution >= 4 is 6.08 Å². The summed E-state index contributed by atoms with van der Waals surface area (Å²) in [6.45, 7) is 0.705. The summed E-state index contributed by atoms with van der Waals surface area (Å²) in [6.07, 6.45) is 4.10. The van der Waals surface area contributed by atoms with Gasteiger partial charge >= 0.3 is 0 Å². The summed E-state index contributed by atoms with van der Waals surface area (Å²) in [7, 11) is 0. The molecular formula is C9H8CuNiOZn. The molecule has 0 amide bonds. The molecule has 1 aliphatic rings. The Kier molecular flexibility index (Phi) is 9.47. The Balaban J connectivity index is 0. The molecule has 1 aliphatic heterocycles. The van der Waals surface area contributed by atoms with Crippen molar-refractivity contribution in [2.45, 2.75) is 0 Å². The zero-order valence-electron chi connectivity index (χ0n) is 6.90. The van der Waals surface area contributed by atoms with Gasteiger partial charge in [-0.25, -0.2) is 0 Å². The predicted octanol–water partition coefficient (Wildman–Crippen LogP) is 2.08. The zero-order chi connectivity index (χ0) is 6.81. The number of benzene rings is 1. The quantitative estimate of drug-likeness (QED) is 0.665. The number of hydrogen-bond donors (Lipinski definition) is 0. The van der Waals surface area contributed by atoms with Crippen LogP contribution in [-0.2, 0) is 53.0 Å². The van der Waals surface area contributed by atoms with Crippen molar-refractivity contribution in [3.63, 3.8) is 0 Å². The van der Waals surface area contributed by atoms with E-state index >= 15 is 0 Å². The largest absolute Gasteiger partial charge is 0.489 e. The van der Waals surface area contributed by atoms with E-state index in [1.165, 1.54) is 5.56 Å². The molecule has 0 aromatic heterocycles. The Morgan fingerprint density at radius 3 is 2.54 bits per heavy atom. The summed E-state index contributed by atoms with van der Waals surface area (Å²) in [4.78, 5) is 0. The topological polar surface area (TPSA) is 9.23 Å². The van der Waals surface area contributed by atoms with Gasteiger partial charge in [0, 0.05) is 58.6 Å². The Morgan fingerprint density at radius 2 is 1.85 bits per heavy atom. The van der Waals surface area contributed by atoms with E-state index in [1.807, 2.05) is 30.3 Å². The van der Waals surface area contributed by atoms with Gasteiger partial charge in [-0.1, -0.05) is 24.3 Å². The first-order chi connectivity index (χ1) is 4.97. The Bertz CT molecular complexity index is 278.